The Morgan fingerprint density at radius 1 is 1.18 bits per heavy atom. The molecule has 0 amide bonds. The normalized spacial score (nSPS) is 11.2. The molecule has 4 nitrogen and oxygen atoms in total. The van der Waals surface area contributed by atoms with Crippen LogP contribution in [0, 0.1) is 0 Å². The first-order valence-electron chi connectivity index (χ1n) is 4.82. The minimum Gasteiger partial charge on any atom is -0.428 e. The van der Waals surface area contributed by atoms with Crippen molar-refractivity contribution in [3.8, 4) is 5.88 Å². The standard InChI is InChI=1S/C11H6Cl2N2O2/c12-6-2-1-3-7-10(6)15(11(16)14-7)9-5-4-8(13)17-9/h1-5H,(H,14,16). The first-order chi connectivity index (χ1) is 8.16. The van der Waals surface area contributed by atoms with Crippen LogP contribution in [0.1, 0.15) is 0 Å². The van der Waals surface area contributed by atoms with Crippen molar-refractivity contribution in [3.63, 3.8) is 0 Å². The third-order valence-corrected chi connectivity index (χ3v) is 2.94. The molecule has 0 aliphatic heterocycles. The highest BCUT2D eigenvalue weighted by Crippen LogP contribution is 2.25. The molecule has 0 aliphatic rings. The van der Waals surface area contributed by atoms with E-state index in [4.69, 9.17) is 27.6 Å². The summed E-state index contributed by atoms with van der Waals surface area (Å²) in [5, 5.41) is 0.682. The van der Waals surface area contributed by atoms with Gasteiger partial charge in [0, 0.05) is 6.07 Å². The summed E-state index contributed by atoms with van der Waals surface area (Å²) in [6.07, 6.45) is 0. The number of H-pyrrole nitrogens is 1. The molecule has 17 heavy (non-hydrogen) atoms. The number of fused-ring (bicyclic) bond motifs is 1. The minimum atomic E-state index is -0.320. The fourth-order valence-electron chi connectivity index (χ4n) is 1.75. The van der Waals surface area contributed by atoms with Crippen LogP contribution < -0.4 is 5.69 Å². The summed E-state index contributed by atoms with van der Waals surface area (Å²) in [4.78, 5) is 14.5. The average molecular weight is 269 g/mol. The predicted molar refractivity (Wildman–Crippen MR) is 66.2 cm³/mol. The maximum atomic E-state index is 11.8. The Balaban J connectivity index is 2.43. The molecule has 0 atom stereocenters. The largest absolute Gasteiger partial charge is 0.428 e. The number of para-hydroxylation sites is 1. The van der Waals surface area contributed by atoms with Gasteiger partial charge in [0.1, 0.15) is 0 Å². The molecule has 0 saturated carbocycles. The smallest absolute Gasteiger partial charge is 0.333 e. The maximum Gasteiger partial charge on any atom is 0.333 e. The molecule has 0 unspecified atom stereocenters. The summed E-state index contributed by atoms with van der Waals surface area (Å²) in [6.45, 7) is 0. The van der Waals surface area contributed by atoms with Gasteiger partial charge < -0.3 is 9.40 Å². The van der Waals surface area contributed by atoms with Gasteiger partial charge in [0.2, 0.25) is 5.88 Å². The predicted octanol–water partition coefficient (Wildman–Crippen LogP) is 3.22. The fourth-order valence-corrected chi connectivity index (χ4v) is 2.15. The highest BCUT2D eigenvalue weighted by Gasteiger charge is 2.13. The van der Waals surface area contributed by atoms with Crippen LogP contribution in [-0.4, -0.2) is 9.55 Å². The van der Waals surface area contributed by atoms with Crippen molar-refractivity contribution in [2.45, 2.75) is 0 Å². The lowest BCUT2D eigenvalue weighted by atomic mass is 10.3. The molecule has 3 aromatic rings. The van der Waals surface area contributed by atoms with Crippen molar-refractivity contribution >= 4 is 34.2 Å². The molecule has 0 spiro atoms. The Labute approximate surface area is 105 Å². The van der Waals surface area contributed by atoms with Crippen LogP contribution in [0.4, 0.5) is 0 Å². The Kier molecular flexibility index (Phi) is 2.28. The highest BCUT2D eigenvalue weighted by atomic mass is 35.5. The van der Waals surface area contributed by atoms with E-state index in [0.717, 1.165) is 0 Å². The van der Waals surface area contributed by atoms with E-state index in [9.17, 15) is 4.79 Å². The second-order valence-electron chi connectivity index (χ2n) is 3.48. The van der Waals surface area contributed by atoms with Crippen LogP contribution >= 0.6 is 23.2 Å². The molecule has 0 saturated heterocycles. The number of hydrogen-bond acceptors (Lipinski definition) is 2. The number of aromatic nitrogens is 2. The van der Waals surface area contributed by atoms with E-state index in [1.165, 1.54) is 4.57 Å². The third kappa shape index (κ3) is 1.57. The number of furan rings is 1. The van der Waals surface area contributed by atoms with Crippen LogP contribution in [0.15, 0.2) is 39.5 Å². The lowest BCUT2D eigenvalue weighted by Crippen LogP contribution is -2.13. The molecule has 3 rings (SSSR count). The van der Waals surface area contributed by atoms with E-state index in [-0.39, 0.29) is 10.9 Å². The van der Waals surface area contributed by atoms with Crippen LogP contribution in [0.25, 0.3) is 16.9 Å². The van der Waals surface area contributed by atoms with E-state index < -0.39 is 0 Å². The van der Waals surface area contributed by atoms with Gasteiger partial charge in [-0.05, 0) is 29.8 Å². The molecular formula is C11H6Cl2N2O2. The van der Waals surface area contributed by atoms with Gasteiger partial charge >= 0.3 is 5.69 Å². The van der Waals surface area contributed by atoms with Gasteiger partial charge in [0.05, 0.1) is 16.1 Å². The van der Waals surface area contributed by atoms with Gasteiger partial charge in [0.15, 0.2) is 5.22 Å². The number of hydrogen-bond donors (Lipinski definition) is 1. The molecule has 2 aromatic heterocycles. The van der Waals surface area contributed by atoms with Crippen LogP contribution in [0.2, 0.25) is 10.2 Å². The molecule has 86 valence electrons. The molecule has 0 radical (unpaired) electrons. The summed E-state index contributed by atoms with van der Waals surface area (Å²) >= 11 is 11.8. The summed E-state index contributed by atoms with van der Waals surface area (Å²) in [5.41, 5.74) is 0.902. The van der Waals surface area contributed by atoms with Crippen LogP contribution in [0.3, 0.4) is 0 Å². The summed E-state index contributed by atoms with van der Waals surface area (Å²) < 4.78 is 6.57. The molecule has 0 bridgehead atoms. The average Bonchev–Trinajstić information content (AvgIpc) is 2.82. The topological polar surface area (TPSA) is 50.9 Å². The third-order valence-electron chi connectivity index (χ3n) is 2.43. The van der Waals surface area contributed by atoms with Gasteiger partial charge in [-0.25, -0.2) is 9.36 Å². The molecule has 1 N–H and O–H groups in total. The van der Waals surface area contributed by atoms with Gasteiger partial charge in [0.25, 0.3) is 0 Å². The van der Waals surface area contributed by atoms with Crippen molar-refractivity contribution in [3.05, 3.63) is 51.1 Å². The number of nitrogens with one attached hydrogen (secondary N) is 1. The van der Waals surface area contributed by atoms with Gasteiger partial charge in [-0.15, -0.1) is 0 Å². The number of aromatic amines is 1. The molecular weight excluding hydrogens is 263 g/mol. The zero-order chi connectivity index (χ0) is 12.0. The number of halogens is 2. The Morgan fingerprint density at radius 2 is 2.00 bits per heavy atom. The summed E-state index contributed by atoms with van der Waals surface area (Å²) in [6, 6.07) is 8.42. The SMILES string of the molecule is O=c1[nH]c2cccc(Cl)c2n1-c1ccc(Cl)o1. The zero-order valence-corrected chi connectivity index (χ0v) is 9.92. The second-order valence-corrected chi connectivity index (χ2v) is 4.26. The van der Waals surface area contributed by atoms with Gasteiger partial charge in [-0.2, -0.15) is 0 Å². The zero-order valence-electron chi connectivity index (χ0n) is 8.41. The minimum absolute atomic E-state index is 0.216. The maximum absolute atomic E-state index is 11.8. The number of rotatable bonds is 1. The number of nitrogens with zero attached hydrogens (tertiary/aromatic N) is 1. The van der Waals surface area contributed by atoms with Gasteiger partial charge in [-0.1, -0.05) is 17.7 Å². The lowest BCUT2D eigenvalue weighted by molar-refractivity contribution is 0.540. The van der Waals surface area contributed by atoms with Gasteiger partial charge in [-0.3, -0.25) is 0 Å². The summed E-state index contributed by atoms with van der Waals surface area (Å²) in [5.74, 6) is 0.333. The van der Waals surface area contributed by atoms with E-state index in [1.54, 1.807) is 30.3 Å². The molecule has 0 aliphatic carbocycles. The van der Waals surface area contributed by atoms with Crippen LogP contribution in [0.5, 0.6) is 0 Å². The van der Waals surface area contributed by atoms with E-state index >= 15 is 0 Å². The monoisotopic (exact) mass is 268 g/mol. The number of imidazole rings is 1. The molecule has 2 heterocycles. The van der Waals surface area contributed by atoms with Crippen molar-refractivity contribution < 1.29 is 4.42 Å². The van der Waals surface area contributed by atoms with Crippen molar-refractivity contribution in [1.29, 1.82) is 0 Å². The Bertz CT molecular complexity index is 754. The Morgan fingerprint density at radius 3 is 2.71 bits per heavy atom. The molecule has 6 heteroatoms. The first kappa shape index (κ1) is 10.5. The van der Waals surface area contributed by atoms with Crippen molar-refractivity contribution in [2.75, 3.05) is 0 Å². The van der Waals surface area contributed by atoms with Crippen molar-refractivity contribution in [1.82, 2.24) is 9.55 Å². The number of benzene rings is 1. The fraction of sp³-hybridized carbons (Fsp3) is 0. The van der Waals surface area contributed by atoms with E-state index in [2.05, 4.69) is 4.98 Å². The second kappa shape index (κ2) is 3.68. The van der Waals surface area contributed by atoms with Crippen molar-refractivity contribution in [2.24, 2.45) is 0 Å². The van der Waals surface area contributed by atoms with E-state index in [1.807, 2.05) is 0 Å². The first-order valence-corrected chi connectivity index (χ1v) is 5.57. The molecule has 0 fully saturated rings. The summed E-state index contributed by atoms with van der Waals surface area (Å²) in [7, 11) is 0. The molecule has 1 aromatic carbocycles. The van der Waals surface area contributed by atoms with Crippen LogP contribution in [-0.2, 0) is 0 Å². The highest BCUT2D eigenvalue weighted by molar-refractivity contribution is 6.35. The lowest BCUT2D eigenvalue weighted by Gasteiger charge is -1.99. The quantitative estimate of drug-likeness (QED) is 0.737. The Hall–Kier alpha value is -1.65. The van der Waals surface area contributed by atoms with E-state index in [0.29, 0.717) is 21.9 Å².